The minimum Gasteiger partial charge on any atom is -0.312 e. The number of nitro benzene ring substituents is 1. The van der Waals surface area contributed by atoms with E-state index in [4.69, 9.17) is 0 Å². The quantitative estimate of drug-likeness (QED) is 0.570. The number of piperidine rings is 1. The number of aryl methyl sites for hydroxylation is 1. The second kappa shape index (κ2) is 9.10. The molecule has 7 heteroatoms. The highest BCUT2D eigenvalue weighted by Gasteiger charge is 2.15. The number of hydrogen-bond acceptors (Lipinski definition) is 5. The van der Waals surface area contributed by atoms with E-state index in [1.807, 2.05) is 13.2 Å². The van der Waals surface area contributed by atoms with E-state index in [1.54, 1.807) is 16.8 Å². The molecule has 0 saturated carbocycles. The first-order valence-corrected chi connectivity index (χ1v) is 9.73. The molecule has 1 aromatic heterocycles. The minimum atomic E-state index is -0.381. The first-order valence-electron chi connectivity index (χ1n) is 9.73. The Bertz CT molecular complexity index is 750. The van der Waals surface area contributed by atoms with Crippen molar-refractivity contribution < 1.29 is 4.92 Å². The van der Waals surface area contributed by atoms with Crippen LogP contribution in [0.2, 0.25) is 0 Å². The number of nitrogens with one attached hydrogen (secondary N) is 1. The molecular formula is C20H29N5O2. The maximum atomic E-state index is 10.8. The van der Waals surface area contributed by atoms with Crippen molar-refractivity contribution in [2.75, 3.05) is 26.2 Å². The van der Waals surface area contributed by atoms with Gasteiger partial charge in [-0.05, 0) is 50.5 Å². The van der Waals surface area contributed by atoms with E-state index in [2.05, 4.69) is 22.2 Å². The van der Waals surface area contributed by atoms with Gasteiger partial charge >= 0.3 is 0 Å². The summed E-state index contributed by atoms with van der Waals surface area (Å²) in [7, 11) is 1.90. The number of nitro groups is 1. The fourth-order valence-corrected chi connectivity index (χ4v) is 3.75. The van der Waals surface area contributed by atoms with Gasteiger partial charge in [0, 0.05) is 49.6 Å². The normalized spacial score (nSPS) is 16.4. The molecule has 1 N–H and O–H groups in total. The van der Waals surface area contributed by atoms with Gasteiger partial charge in [-0.25, -0.2) is 0 Å². The van der Waals surface area contributed by atoms with Crippen molar-refractivity contribution in [2.24, 2.45) is 13.0 Å². The smallest absolute Gasteiger partial charge is 0.269 e. The molecule has 146 valence electrons. The highest BCUT2D eigenvalue weighted by Crippen LogP contribution is 2.24. The molecule has 2 aromatic rings. The van der Waals surface area contributed by atoms with Gasteiger partial charge in [-0.3, -0.25) is 14.8 Å². The Morgan fingerprint density at radius 3 is 2.59 bits per heavy atom. The van der Waals surface area contributed by atoms with Gasteiger partial charge in [0.25, 0.3) is 5.69 Å². The van der Waals surface area contributed by atoms with Gasteiger partial charge in [0.1, 0.15) is 0 Å². The molecular weight excluding hydrogens is 342 g/mol. The van der Waals surface area contributed by atoms with E-state index in [0.29, 0.717) is 5.92 Å². The molecule has 1 aromatic carbocycles. The molecule has 1 saturated heterocycles. The molecule has 3 rings (SSSR count). The van der Waals surface area contributed by atoms with Crippen molar-refractivity contribution in [1.29, 1.82) is 0 Å². The number of rotatable bonds is 8. The van der Waals surface area contributed by atoms with Crippen LogP contribution >= 0.6 is 0 Å². The van der Waals surface area contributed by atoms with Crippen LogP contribution in [-0.4, -0.2) is 45.8 Å². The van der Waals surface area contributed by atoms with Gasteiger partial charge in [0.05, 0.1) is 10.6 Å². The zero-order chi connectivity index (χ0) is 19.2. The van der Waals surface area contributed by atoms with E-state index < -0.39 is 0 Å². The molecule has 1 unspecified atom stereocenters. The monoisotopic (exact) mass is 371 g/mol. The Balaban J connectivity index is 1.56. The van der Waals surface area contributed by atoms with Crippen molar-refractivity contribution in [3.8, 4) is 11.3 Å². The Morgan fingerprint density at radius 1 is 1.22 bits per heavy atom. The van der Waals surface area contributed by atoms with Gasteiger partial charge in [-0.2, -0.15) is 5.10 Å². The molecule has 27 heavy (non-hydrogen) atoms. The van der Waals surface area contributed by atoms with E-state index in [0.717, 1.165) is 36.5 Å². The lowest BCUT2D eigenvalue weighted by Crippen LogP contribution is -2.36. The van der Waals surface area contributed by atoms with E-state index in [9.17, 15) is 10.1 Å². The largest absolute Gasteiger partial charge is 0.312 e. The fourth-order valence-electron chi connectivity index (χ4n) is 3.75. The summed E-state index contributed by atoms with van der Waals surface area (Å²) in [4.78, 5) is 13.0. The number of aromatic nitrogens is 2. The van der Waals surface area contributed by atoms with Crippen LogP contribution in [-0.2, 0) is 13.6 Å². The number of likely N-dealkylation sites (tertiary alicyclic amines) is 1. The van der Waals surface area contributed by atoms with Crippen molar-refractivity contribution in [2.45, 2.75) is 32.7 Å². The Hall–Kier alpha value is -2.25. The van der Waals surface area contributed by atoms with Gasteiger partial charge in [0.15, 0.2) is 0 Å². The lowest BCUT2D eigenvalue weighted by atomic mass is 10.1. The molecule has 7 nitrogen and oxygen atoms in total. The molecule has 0 spiro atoms. The zero-order valence-electron chi connectivity index (χ0n) is 16.2. The number of benzene rings is 1. The summed E-state index contributed by atoms with van der Waals surface area (Å²) in [6, 6.07) is 6.59. The third kappa shape index (κ3) is 5.37. The molecule has 1 aliphatic heterocycles. The average Bonchev–Trinajstić information content (AvgIpc) is 3.03. The van der Waals surface area contributed by atoms with Crippen molar-refractivity contribution in [3.05, 3.63) is 46.1 Å². The topological polar surface area (TPSA) is 76.2 Å². The maximum Gasteiger partial charge on any atom is 0.269 e. The van der Waals surface area contributed by atoms with Crippen molar-refractivity contribution in [3.63, 3.8) is 0 Å². The number of non-ortho nitro benzene ring substituents is 1. The van der Waals surface area contributed by atoms with Crippen LogP contribution in [0.1, 0.15) is 31.7 Å². The summed E-state index contributed by atoms with van der Waals surface area (Å²) in [6.07, 6.45) is 6.04. The number of nitrogens with zero attached hydrogens (tertiary/aromatic N) is 4. The van der Waals surface area contributed by atoms with Crippen LogP contribution in [0, 0.1) is 16.0 Å². The predicted molar refractivity (Wildman–Crippen MR) is 106 cm³/mol. The van der Waals surface area contributed by atoms with Crippen LogP contribution in [0.3, 0.4) is 0 Å². The Kier molecular flexibility index (Phi) is 6.58. The molecule has 0 aliphatic carbocycles. The molecule has 0 bridgehead atoms. The first kappa shape index (κ1) is 19.5. The summed E-state index contributed by atoms with van der Waals surface area (Å²) in [5, 5.41) is 18.9. The Labute approximate surface area is 160 Å². The maximum absolute atomic E-state index is 10.8. The highest BCUT2D eigenvalue weighted by molar-refractivity contribution is 5.64. The minimum absolute atomic E-state index is 0.0980. The first-order chi connectivity index (χ1) is 13.0. The lowest BCUT2D eigenvalue weighted by molar-refractivity contribution is -0.384. The van der Waals surface area contributed by atoms with Crippen LogP contribution in [0.25, 0.3) is 11.3 Å². The third-order valence-electron chi connectivity index (χ3n) is 5.08. The van der Waals surface area contributed by atoms with Gasteiger partial charge in [0.2, 0.25) is 0 Å². The summed E-state index contributed by atoms with van der Waals surface area (Å²) >= 11 is 0. The zero-order valence-corrected chi connectivity index (χ0v) is 16.2. The second-order valence-electron chi connectivity index (χ2n) is 7.58. The predicted octanol–water partition coefficient (Wildman–Crippen LogP) is 3.21. The Morgan fingerprint density at radius 2 is 1.93 bits per heavy atom. The van der Waals surface area contributed by atoms with Crippen LogP contribution < -0.4 is 5.32 Å². The van der Waals surface area contributed by atoms with Crippen LogP contribution in [0.15, 0.2) is 30.5 Å². The van der Waals surface area contributed by atoms with Crippen LogP contribution in [0.5, 0.6) is 0 Å². The van der Waals surface area contributed by atoms with E-state index >= 15 is 0 Å². The standard InChI is InChI=1S/C20H29N5O2/c1-16(14-24-10-4-3-5-11-24)12-21-13-18-15-23(2)22-20(18)17-6-8-19(9-7-17)25(26)27/h6-9,15-16,21H,3-5,10-14H2,1-2H3. The second-order valence-corrected chi connectivity index (χ2v) is 7.58. The molecule has 2 heterocycles. The summed E-state index contributed by atoms with van der Waals surface area (Å²) in [5.74, 6) is 0.600. The molecule has 1 aliphatic rings. The van der Waals surface area contributed by atoms with Gasteiger partial charge in [-0.1, -0.05) is 13.3 Å². The van der Waals surface area contributed by atoms with E-state index in [-0.39, 0.29) is 10.6 Å². The summed E-state index contributed by atoms with van der Waals surface area (Å²) < 4.78 is 1.80. The van der Waals surface area contributed by atoms with E-state index in [1.165, 1.54) is 44.5 Å². The third-order valence-corrected chi connectivity index (χ3v) is 5.08. The molecule has 1 atom stereocenters. The highest BCUT2D eigenvalue weighted by atomic mass is 16.6. The fraction of sp³-hybridized carbons (Fsp3) is 0.550. The van der Waals surface area contributed by atoms with Crippen molar-refractivity contribution >= 4 is 5.69 Å². The molecule has 0 amide bonds. The molecule has 1 fully saturated rings. The average molecular weight is 371 g/mol. The van der Waals surface area contributed by atoms with Gasteiger partial charge < -0.3 is 10.2 Å². The number of hydrogen-bond donors (Lipinski definition) is 1. The lowest BCUT2D eigenvalue weighted by Gasteiger charge is -2.29. The summed E-state index contributed by atoms with van der Waals surface area (Å²) in [6.45, 7) is 7.61. The summed E-state index contributed by atoms with van der Waals surface area (Å²) in [5.41, 5.74) is 2.99. The molecule has 0 radical (unpaired) electrons. The van der Waals surface area contributed by atoms with Crippen molar-refractivity contribution in [1.82, 2.24) is 20.0 Å². The van der Waals surface area contributed by atoms with Gasteiger partial charge in [-0.15, -0.1) is 0 Å². The van der Waals surface area contributed by atoms with Crippen LogP contribution in [0.4, 0.5) is 5.69 Å². The SMILES string of the molecule is CC(CNCc1cn(C)nc1-c1ccc([N+](=O)[O-])cc1)CN1CCCCC1.